The maximum atomic E-state index is 12.7. The molecule has 2 fully saturated rings. The van der Waals surface area contributed by atoms with Crippen LogP contribution in [-0.2, 0) is 15.1 Å². The topological polar surface area (TPSA) is 61.9 Å². The largest absolute Gasteiger partial charge is 0.444 e. The molecule has 2 aliphatic rings. The van der Waals surface area contributed by atoms with Crippen LogP contribution in [0, 0.1) is 5.41 Å². The second-order valence-electron chi connectivity index (χ2n) is 10.6. The van der Waals surface area contributed by atoms with E-state index in [9.17, 15) is 9.59 Å². The number of amides is 2. The van der Waals surface area contributed by atoms with Crippen LogP contribution in [-0.4, -0.2) is 61.1 Å². The van der Waals surface area contributed by atoms with E-state index in [1.54, 1.807) is 0 Å². The summed E-state index contributed by atoms with van der Waals surface area (Å²) in [6, 6.07) is 10.8. The molecule has 172 valence electrons. The van der Waals surface area contributed by atoms with E-state index in [2.05, 4.69) is 54.6 Å². The number of carbonyl (C=O) groups excluding carboxylic acids is 2. The van der Waals surface area contributed by atoms with Crippen LogP contribution in [0.25, 0.3) is 0 Å². The van der Waals surface area contributed by atoms with Gasteiger partial charge < -0.3 is 15.0 Å². The summed E-state index contributed by atoms with van der Waals surface area (Å²) in [5.41, 5.74) is 1.04. The van der Waals surface area contributed by atoms with Crippen molar-refractivity contribution in [3.8, 4) is 0 Å². The number of benzene rings is 1. The first-order valence-corrected chi connectivity index (χ1v) is 11.5. The monoisotopic (exact) mass is 429 g/mol. The van der Waals surface area contributed by atoms with E-state index in [0.29, 0.717) is 19.5 Å². The van der Waals surface area contributed by atoms with Crippen LogP contribution in [0.1, 0.15) is 64.9 Å². The summed E-state index contributed by atoms with van der Waals surface area (Å²) in [7, 11) is 4.35. The van der Waals surface area contributed by atoms with Crippen LogP contribution in [0.4, 0.5) is 4.79 Å². The smallest absolute Gasteiger partial charge is 0.407 e. The molecule has 1 aliphatic carbocycles. The fraction of sp³-hybridized carbons (Fsp3) is 0.680. The third-order valence-electron chi connectivity index (χ3n) is 6.98. The number of nitrogens with one attached hydrogen (secondary N) is 1. The first kappa shape index (κ1) is 23.6. The van der Waals surface area contributed by atoms with Crippen molar-refractivity contribution in [2.24, 2.45) is 5.41 Å². The van der Waals surface area contributed by atoms with E-state index in [4.69, 9.17) is 4.74 Å². The SMILES string of the molecule is CN(C)C1(c2ccccc2)CCC2(CC1)CC(=O)N(CCCNC(=O)OC(C)(C)C)C2. The average molecular weight is 430 g/mol. The highest BCUT2D eigenvalue weighted by Crippen LogP contribution is 2.52. The van der Waals surface area contributed by atoms with Crippen molar-refractivity contribution < 1.29 is 14.3 Å². The fourth-order valence-electron chi connectivity index (χ4n) is 5.23. The van der Waals surface area contributed by atoms with Crippen LogP contribution in [0.2, 0.25) is 0 Å². The van der Waals surface area contributed by atoms with Gasteiger partial charge in [0.25, 0.3) is 0 Å². The molecule has 6 heteroatoms. The zero-order valence-electron chi connectivity index (χ0n) is 19.9. The van der Waals surface area contributed by atoms with Crippen molar-refractivity contribution in [1.82, 2.24) is 15.1 Å². The second-order valence-corrected chi connectivity index (χ2v) is 10.6. The molecule has 0 bridgehead atoms. The van der Waals surface area contributed by atoms with E-state index < -0.39 is 11.7 Å². The normalized spacial score (nSPS) is 26.5. The van der Waals surface area contributed by atoms with Crippen LogP contribution < -0.4 is 5.32 Å². The molecule has 3 rings (SSSR count). The highest BCUT2D eigenvalue weighted by atomic mass is 16.6. The quantitative estimate of drug-likeness (QED) is 0.690. The molecular weight excluding hydrogens is 390 g/mol. The summed E-state index contributed by atoms with van der Waals surface area (Å²) in [5.74, 6) is 0.259. The van der Waals surface area contributed by atoms with E-state index in [-0.39, 0.29) is 16.9 Å². The molecule has 1 saturated heterocycles. The lowest BCUT2D eigenvalue weighted by Crippen LogP contribution is -2.47. The third kappa shape index (κ3) is 5.59. The van der Waals surface area contributed by atoms with Gasteiger partial charge >= 0.3 is 6.09 Å². The number of rotatable bonds is 6. The first-order valence-electron chi connectivity index (χ1n) is 11.5. The Morgan fingerprint density at radius 1 is 1.13 bits per heavy atom. The Morgan fingerprint density at radius 3 is 2.35 bits per heavy atom. The molecule has 6 nitrogen and oxygen atoms in total. The molecule has 1 saturated carbocycles. The fourth-order valence-corrected chi connectivity index (χ4v) is 5.23. The highest BCUT2D eigenvalue weighted by molar-refractivity contribution is 5.79. The van der Waals surface area contributed by atoms with Crippen molar-refractivity contribution in [3.63, 3.8) is 0 Å². The number of hydrogen-bond donors (Lipinski definition) is 1. The summed E-state index contributed by atoms with van der Waals surface area (Å²) in [6.07, 6.45) is 5.29. The summed E-state index contributed by atoms with van der Waals surface area (Å²) in [6.45, 7) is 7.60. The Labute approximate surface area is 187 Å². The van der Waals surface area contributed by atoms with E-state index >= 15 is 0 Å². The predicted octanol–water partition coefficient (Wildman–Crippen LogP) is 4.15. The zero-order chi connectivity index (χ0) is 22.7. The maximum Gasteiger partial charge on any atom is 0.407 e. The highest BCUT2D eigenvalue weighted by Gasteiger charge is 2.49. The van der Waals surface area contributed by atoms with Crippen molar-refractivity contribution in [3.05, 3.63) is 35.9 Å². The molecule has 0 unspecified atom stereocenters. The Kier molecular flexibility index (Phi) is 6.99. The number of nitrogens with zero attached hydrogens (tertiary/aromatic N) is 2. The second kappa shape index (κ2) is 9.19. The maximum absolute atomic E-state index is 12.7. The Balaban J connectivity index is 1.52. The molecule has 1 aromatic rings. The molecule has 1 spiro atoms. The molecule has 0 radical (unpaired) electrons. The predicted molar refractivity (Wildman–Crippen MR) is 123 cm³/mol. The van der Waals surface area contributed by atoms with Gasteiger partial charge in [-0.05, 0) is 77.9 Å². The molecule has 1 aliphatic heterocycles. The lowest BCUT2D eigenvalue weighted by Gasteiger charge is -2.48. The molecule has 31 heavy (non-hydrogen) atoms. The zero-order valence-corrected chi connectivity index (χ0v) is 19.9. The van der Waals surface area contributed by atoms with Crippen LogP contribution in [0.15, 0.2) is 30.3 Å². The summed E-state index contributed by atoms with van der Waals surface area (Å²) >= 11 is 0. The van der Waals surface area contributed by atoms with Gasteiger partial charge in [0.1, 0.15) is 5.60 Å². The number of hydrogen-bond acceptors (Lipinski definition) is 4. The Hall–Kier alpha value is -2.08. The Morgan fingerprint density at radius 2 is 1.77 bits per heavy atom. The van der Waals surface area contributed by atoms with Crippen molar-refractivity contribution in [1.29, 1.82) is 0 Å². The van der Waals surface area contributed by atoms with Gasteiger partial charge in [0, 0.05) is 31.6 Å². The lowest BCUT2D eigenvalue weighted by atomic mass is 9.64. The summed E-state index contributed by atoms with van der Waals surface area (Å²) in [5, 5.41) is 2.79. The van der Waals surface area contributed by atoms with Gasteiger partial charge in [-0.3, -0.25) is 9.69 Å². The van der Waals surface area contributed by atoms with Gasteiger partial charge in [0.05, 0.1) is 0 Å². The molecule has 0 aromatic heterocycles. The molecule has 0 atom stereocenters. The lowest BCUT2D eigenvalue weighted by molar-refractivity contribution is -0.127. The molecule has 1 N–H and O–H groups in total. The summed E-state index contributed by atoms with van der Waals surface area (Å²) in [4.78, 5) is 28.9. The number of alkyl carbamates (subject to hydrolysis) is 1. The van der Waals surface area contributed by atoms with Gasteiger partial charge in [0.15, 0.2) is 0 Å². The third-order valence-corrected chi connectivity index (χ3v) is 6.98. The number of carbonyl (C=O) groups is 2. The van der Waals surface area contributed by atoms with E-state index in [1.165, 1.54) is 5.56 Å². The molecule has 1 heterocycles. The van der Waals surface area contributed by atoms with Gasteiger partial charge in [-0.15, -0.1) is 0 Å². The molecule has 2 amide bonds. The minimum Gasteiger partial charge on any atom is -0.444 e. The van der Waals surface area contributed by atoms with Gasteiger partial charge in [-0.1, -0.05) is 30.3 Å². The molecule has 1 aromatic carbocycles. The van der Waals surface area contributed by atoms with Gasteiger partial charge in [0.2, 0.25) is 5.91 Å². The minimum atomic E-state index is -0.496. The van der Waals surface area contributed by atoms with Gasteiger partial charge in [-0.2, -0.15) is 0 Å². The summed E-state index contributed by atoms with van der Waals surface area (Å²) < 4.78 is 5.26. The van der Waals surface area contributed by atoms with Crippen molar-refractivity contribution >= 4 is 12.0 Å². The Bertz CT molecular complexity index is 762. The van der Waals surface area contributed by atoms with E-state index in [1.807, 2.05) is 25.7 Å². The van der Waals surface area contributed by atoms with Crippen LogP contribution in [0.5, 0.6) is 0 Å². The van der Waals surface area contributed by atoms with Crippen molar-refractivity contribution in [2.45, 2.75) is 70.4 Å². The van der Waals surface area contributed by atoms with Crippen LogP contribution >= 0.6 is 0 Å². The average Bonchev–Trinajstić information content (AvgIpc) is 3.00. The minimum absolute atomic E-state index is 0.0559. The first-order chi connectivity index (χ1) is 14.6. The van der Waals surface area contributed by atoms with E-state index in [0.717, 1.165) is 38.6 Å². The molecular formula is C25H39N3O3. The number of ether oxygens (including phenoxy) is 1. The van der Waals surface area contributed by atoms with Gasteiger partial charge in [-0.25, -0.2) is 4.79 Å². The number of likely N-dealkylation sites (tertiary alicyclic amines) is 1. The standard InChI is InChI=1S/C25H39N3O3/c1-23(2,3)31-22(30)26-16-9-17-28-19-24(18-21(28)29)12-14-25(15-13-24,27(4)5)20-10-7-6-8-11-20/h6-8,10-11H,9,12-19H2,1-5H3,(H,26,30). The van der Waals surface area contributed by atoms with Crippen molar-refractivity contribution in [2.75, 3.05) is 33.7 Å². The van der Waals surface area contributed by atoms with Crippen LogP contribution in [0.3, 0.4) is 0 Å².